The largest absolute Gasteiger partial charge is 0.294 e. The van der Waals surface area contributed by atoms with Crippen LogP contribution in [0.3, 0.4) is 0 Å². The maximum atomic E-state index is 10.1. The van der Waals surface area contributed by atoms with Gasteiger partial charge in [0.05, 0.1) is 6.42 Å². The quantitative estimate of drug-likeness (QED) is 0.282. The van der Waals surface area contributed by atoms with Crippen molar-refractivity contribution in [3.05, 3.63) is 6.42 Å². The topological polar surface area (TPSA) is 55.1 Å². The molecule has 0 rings (SSSR count). The molecule has 0 bridgehead atoms. The average molecular weight is 101 g/mol. The van der Waals surface area contributed by atoms with Gasteiger partial charge in [-0.1, -0.05) is 6.92 Å². The second-order valence-corrected chi connectivity index (χ2v) is 1.12. The summed E-state index contributed by atoms with van der Waals surface area (Å²) in [5, 5.41) is 0. The molecule has 0 spiro atoms. The van der Waals surface area contributed by atoms with Crippen LogP contribution in [0.2, 0.25) is 0 Å². The minimum atomic E-state index is -0.220. The van der Waals surface area contributed by atoms with Crippen molar-refractivity contribution in [1.82, 2.24) is 5.43 Å². The first kappa shape index (κ1) is 6.43. The zero-order valence-corrected chi connectivity index (χ0v) is 4.27. The van der Waals surface area contributed by atoms with Crippen LogP contribution in [0.5, 0.6) is 0 Å². The molecular formula is C4H9N2O. The number of carbonyl (C=O) groups excluding carboxylic acids is 1. The Bertz CT molecular complexity index is 62.7. The second kappa shape index (κ2) is 3.61. The number of nitrogens with two attached hydrogens (primary N) is 1. The molecule has 3 N–H and O–H groups in total. The summed E-state index contributed by atoms with van der Waals surface area (Å²) in [7, 11) is 0. The number of hydrogen-bond donors (Lipinski definition) is 2. The molecule has 0 atom stereocenters. The van der Waals surface area contributed by atoms with Gasteiger partial charge in [-0.2, -0.15) is 0 Å². The molecule has 0 aromatic heterocycles. The SMILES string of the molecule is CC[CH]C(=O)NN. The molecule has 0 unspecified atom stereocenters. The lowest BCUT2D eigenvalue weighted by Gasteiger charge is -1.90. The Hall–Kier alpha value is -0.570. The maximum absolute atomic E-state index is 10.1. The van der Waals surface area contributed by atoms with Crippen LogP contribution in [0.15, 0.2) is 0 Å². The lowest BCUT2D eigenvalue weighted by atomic mass is 10.3. The Morgan fingerprint density at radius 3 is 2.71 bits per heavy atom. The van der Waals surface area contributed by atoms with E-state index < -0.39 is 0 Å². The van der Waals surface area contributed by atoms with Crippen molar-refractivity contribution in [3.8, 4) is 0 Å². The van der Waals surface area contributed by atoms with Crippen molar-refractivity contribution in [2.75, 3.05) is 0 Å². The van der Waals surface area contributed by atoms with Gasteiger partial charge in [-0.3, -0.25) is 10.2 Å². The molecular weight excluding hydrogens is 92.1 g/mol. The van der Waals surface area contributed by atoms with Crippen molar-refractivity contribution in [2.24, 2.45) is 5.84 Å². The summed E-state index contributed by atoms with van der Waals surface area (Å²) in [6.07, 6.45) is 2.20. The molecule has 7 heavy (non-hydrogen) atoms. The van der Waals surface area contributed by atoms with E-state index in [1.165, 1.54) is 6.42 Å². The summed E-state index contributed by atoms with van der Waals surface area (Å²) in [5.41, 5.74) is 1.97. The highest BCUT2D eigenvalue weighted by Crippen LogP contribution is 1.79. The molecule has 1 radical (unpaired) electrons. The van der Waals surface area contributed by atoms with Gasteiger partial charge in [0.1, 0.15) is 0 Å². The molecule has 0 aliphatic rings. The number of rotatable bonds is 2. The van der Waals surface area contributed by atoms with Crippen molar-refractivity contribution in [1.29, 1.82) is 0 Å². The third-order valence-electron chi connectivity index (χ3n) is 0.532. The van der Waals surface area contributed by atoms with Crippen molar-refractivity contribution in [3.63, 3.8) is 0 Å². The molecule has 0 saturated carbocycles. The smallest absolute Gasteiger partial charge is 0.237 e. The van der Waals surface area contributed by atoms with E-state index in [0.717, 1.165) is 6.42 Å². The van der Waals surface area contributed by atoms with Gasteiger partial charge in [0.25, 0.3) is 0 Å². The summed E-state index contributed by atoms with van der Waals surface area (Å²) < 4.78 is 0. The van der Waals surface area contributed by atoms with Crippen LogP contribution < -0.4 is 11.3 Å². The number of hydrazine groups is 1. The van der Waals surface area contributed by atoms with E-state index in [-0.39, 0.29) is 5.91 Å². The van der Waals surface area contributed by atoms with Crippen molar-refractivity contribution in [2.45, 2.75) is 13.3 Å². The minimum absolute atomic E-state index is 0.220. The van der Waals surface area contributed by atoms with Crippen LogP contribution in [0, 0.1) is 6.42 Å². The lowest BCUT2D eigenvalue weighted by molar-refractivity contribution is -0.118. The van der Waals surface area contributed by atoms with Gasteiger partial charge >= 0.3 is 0 Å². The molecule has 41 valence electrons. The van der Waals surface area contributed by atoms with Crippen LogP contribution in [0.4, 0.5) is 0 Å². The van der Waals surface area contributed by atoms with Gasteiger partial charge in [-0.05, 0) is 6.42 Å². The highest BCUT2D eigenvalue weighted by Gasteiger charge is 1.91. The second-order valence-electron chi connectivity index (χ2n) is 1.12. The summed E-state index contributed by atoms with van der Waals surface area (Å²) in [5.74, 6) is 4.51. The zero-order valence-electron chi connectivity index (χ0n) is 4.27. The van der Waals surface area contributed by atoms with E-state index in [2.05, 4.69) is 0 Å². The normalized spacial score (nSPS) is 8.29. The Morgan fingerprint density at radius 1 is 2.00 bits per heavy atom. The molecule has 0 aliphatic heterocycles. The number of amides is 1. The summed E-state index contributed by atoms with van der Waals surface area (Å²) in [4.78, 5) is 10.1. The van der Waals surface area contributed by atoms with Crippen LogP contribution in [0.25, 0.3) is 0 Å². The summed E-state index contributed by atoms with van der Waals surface area (Å²) in [6, 6.07) is 0. The fourth-order valence-corrected chi connectivity index (χ4v) is 0.244. The van der Waals surface area contributed by atoms with Gasteiger partial charge in [-0.15, -0.1) is 0 Å². The third-order valence-corrected chi connectivity index (χ3v) is 0.532. The number of carbonyl (C=O) groups is 1. The Labute approximate surface area is 42.9 Å². The average Bonchev–Trinajstić information content (AvgIpc) is 1.68. The minimum Gasteiger partial charge on any atom is -0.294 e. The fourth-order valence-electron chi connectivity index (χ4n) is 0.244. The molecule has 0 heterocycles. The first-order valence-electron chi connectivity index (χ1n) is 2.15. The van der Waals surface area contributed by atoms with Crippen molar-refractivity contribution < 1.29 is 4.79 Å². The van der Waals surface area contributed by atoms with Crippen molar-refractivity contribution >= 4 is 5.91 Å². The Morgan fingerprint density at radius 2 is 2.57 bits per heavy atom. The van der Waals surface area contributed by atoms with E-state index in [9.17, 15) is 4.79 Å². The lowest BCUT2D eigenvalue weighted by Crippen LogP contribution is -2.29. The zero-order chi connectivity index (χ0) is 5.70. The highest BCUT2D eigenvalue weighted by molar-refractivity contribution is 5.83. The van der Waals surface area contributed by atoms with E-state index in [1.54, 1.807) is 0 Å². The van der Waals surface area contributed by atoms with Crippen LogP contribution in [0.1, 0.15) is 13.3 Å². The standard InChI is InChI=1S/C4H9N2O/c1-2-3-4(7)6-5/h3H,2,5H2,1H3,(H,6,7). The predicted molar refractivity (Wildman–Crippen MR) is 26.9 cm³/mol. The monoisotopic (exact) mass is 101 g/mol. The van der Waals surface area contributed by atoms with Gasteiger partial charge < -0.3 is 0 Å². The van der Waals surface area contributed by atoms with Gasteiger partial charge in [0.2, 0.25) is 5.91 Å². The summed E-state index contributed by atoms with van der Waals surface area (Å²) >= 11 is 0. The number of hydrogen-bond acceptors (Lipinski definition) is 2. The molecule has 0 fully saturated rings. The van der Waals surface area contributed by atoms with Gasteiger partial charge in [-0.25, -0.2) is 5.84 Å². The van der Waals surface area contributed by atoms with Gasteiger partial charge in [0, 0.05) is 0 Å². The van der Waals surface area contributed by atoms with Crippen LogP contribution in [-0.2, 0) is 4.79 Å². The first-order valence-corrected chi connectivity index (χ1v) is 2.15. The molecule has 3 heteroatoms. The Kier molecular flexibility index (Phi) is 3.32. The molecule has 1 amide bonds. The number of nitrogens with one attached hydrogen (secondary N) is 1. The van der Waals surface area contributed by atoms with E-state index in [0.29, 0.717) is 0 Å². The third kappa shape index (κ3) is 3.26. The van der Waals surface area contributed by atoms with E-state index in [4.69, 9.17) is 5.84 Å². The molecule has 3 nitrogen and oxygen atoms in total. The van der Waals surface area contributed by atoms with Crippen LogP contribution in [-0.4, -0.2) is 5.91 Å². The maximum Gasteiger partial charge on any atom is 0.237 e. The summed E-state index contributed by atoms with van der Waals surface area (Å²) in [6.45, 7) is 1.87. The predicted octanol–water partition coefficient (Wildman–Crippen LogP) is -0.409. The fraction of sp³-hybridized carbons (Fsp3) is 0.500. The molecule has 0 aromatic rings. The highest BCUT2D eigenvalue weighted by atomic mass is 16.2. The van der Waals surface area contributed by atoms with E-state index >= 15 is 0 Å². The van der Waals surface area contributed by atoms with Gasteiger partial charge in [0.15, 0.2) is 0 Å². The molecule has 0 saturated heterocycles. The molecule has 0 aromatic carbocycles. The van der Waals surface area contributed by atoms with Crippen LogP contribution >= 0.6 is 0 Å². The molecule has 0 aliphatic carbocycles. The first-order chi connectivity index (χ1) is 3.31. The van der Waals surface area contributed by atoms with E-state index in [1.807, 2.05) is 12.3 Å². The Balaban J connectivity index is 3.00.